The standard InChI is InChI=1S/C23H17ClFN3O2S3/c24-16-5-1-14(2-6-16)11-18-13-26-22(32-18)27-20(29)9-10-28-21(30)19(33-23(28)31)12-15-3-7-17(25)8-4-15/h1-8,12-13H,9-11H2,(H,26,27,29)/b19-12-. The number of amides is 2. The molecule has 3 aromatic rings. The Balaban J connectivity index is 1.30. The van der Waals surface area contributed by atoms with E-state index < -0.39 is 0 Å². The number of thiocarbonyl (C=S) groups is 1. The zero-order valence-corrected chi connectivity index (χ0v) is 20.3. The second-order valence-electron chi connectivity index (χ2n) is 7.12. The molecule has 1 aromatic heterocycles. The molecule has 1 N–H and O–H groups in total. The highest BCUT2D eigenvalue weighted by Gasteiger charge is 2.32. The number of thiazole rings is 1. The zero-order valence-electron chi connectivity index (χ0n) is 17.1. The van der Waals surface area contributed by atoms with Crippen LogP contribution < -0.4 is 5.32 Å². The summed E-state index contributed by atoms with van der Waals surface area (Å²) in [5, 5.41) is 3.97. The molecule has 1 fully saturated rings. The third kappa shape index (κ3) is 6.26. The summed E-state index contributed by atoms with van der Waals surface area (Å²) in [6.45, 7) is 0.167. The quantitative estimate of drug-likeness (QED) is 0.319. The number of halogens is 2. The highest BCUT2D eigenvalue weighted by Crippen LogP contribution is 2.32. The van der Waals surface area contributed by atoms with Crippen molar-refractivity contribution >= 4 is 74.3 Å². The Morgan fingerprint density at radius 1 is 1.18 bits per heavy atom. The lowest BCUT2D eigenvalue weighted by molar-refractivity contribution is -0.122. The summed E-state index contributed by atoms with van der Waals surface area (Å²) in [5.74, 6) is -0.858. The van der Waals surface area contributed by atoms with Crippen molar-refractivity contribution in [3.63, 3.8) is 0 Å². The van der Waals surface area contributed by atoms with Crippen molar-refractivity contribution < 1.29 is 14.0 Å². The molecule has 0 radical (unpaired) electrons. The minimum absolute atomic E-state index is 0.0857. The molecule has 2 amide bonds. The third-order valence-electron chi connectivity index (χ3n) is 4.70. The molecule has 168 valence electrons. The first-order chi connectivity index (χ1) is 15.9. The summed E-state index contributed by atoms with van der Waals surface area (Å²) in [6.07, 6.45) is 4.18. The van der Waals surface area contributed by atoms with Gasteiger partial charge in [-0.15, -0.1) is 11.3 Å². The molecular weight excluding hydrogens is 501 g/mol. The van der Waals surface area contributed by atoms with Crippen LogP contribution in [0, 0.1) is 5.82 Å². The Bertz CT molecular complexity index is 1230. The van der Waals surface area contributed by atoms with Crippen molar-refractivity contribution in [1.29, 1.82) is 0 Å². The SMILES string of the molecule is O=C(CCN1C(=O)/C(=C/c2ccc(F)cc2)SC1=S)Nc1ncc(Cc2ccc(Cl)cc2)s1. The molecule has 2 heterocycles. The van der Waals surface area contributed by atoms with Gasteiger partial charge in [-0.1, -0.05) is 59.8 Å². The van der Waals surface area contributed by atoms with E-state index in [0.717, 1.165) is 10.4 Å². The number of hydrogen-bond acceptors (Lipinski definition) is 6. The van der Waals surface area contributed by atoms with Crippen LogP contribution >= 0.6 is 46.9 Å². The van der Waals surface area contributed by atoms with Gasteiger partial charge in [0.2, 0.25) is 5.91 Å². The number of rotatable bonds is 7. The summed E-state index contributed by atoms with van der Waals surface area (Å²) in [7, 11) is 0. The van der Waals surface area contributed by atoms with Gasteiger partial charge in [0.25, 0.3) is 5.91 Å². The molecule has 0 unspecified atom stereocenters. The Morgan fingerprint density at radius 2 is 1.91 bits per heavy atom. The van der Waals surface area contributed by atoms with Crippen LogP contribution in [0.3, 0.4) is 0 Å². The number of hydrogen-bond donors (Lipinski definition) is 1. The number of carbonyl (C=O) groups excluding carboxylic acids is 2. The minimum Gasteiger partial charge on any atom is -0.302 e. The fourth-order valence-electron chi connectivity index (χ4n) is 3.05. The predicted molar refractivity (Wildman–Crippen MR) is 136 cm³/mol. The van der Waals surface area contributed by atoms with E-state index in [1.54, 1.807) is 24.4 Å². The van der Waals surface area contributed by atoms with Crippen LogP contribution in [0.15, 0.2) is 59.6 Å². The Kier molecular flexibility index (Phi) is 7.54. The number of nitrogens with one attached hydrogen (secondary N) is 1. The summed E-state index contributed by atoms with van der Waals surface area (Å²) in [6, 6.07) is 13.4. The number of anilines is 1. The zero-order chi connectivity index (χ0) is 23.4. The molecule has 0 spiro atoms. The maximum atomic E-state index is 13.1. The second kappa shape index (κ2) is 10.6. The van der Waals surface area contributed by atoms with E-state index in [1.807, 2.05) is 24.3 Å². The summed E-state index contributed by atoms with van der Waals surface area (Å²) in [4.78, 5) is 32.2. The molecule has 0 aliphatic carbocycles. The molecule has 0 saturated carbocycles. The van der Waals surface area contributed by atoms with Gasteiger partial charge in [0.15, 0.2) is 5.13 Å². The van der Waals surface area contributed by atoms with Crippen LogP contribution in [-0.4, -0.2) is 32.6 Å². The van der Waals surface area contributed by atoms with Gasteiger partial charge >= 0.3 is 0 Å². The van der Waals surface area contributed by atoms with Crippen LogP contribution in [0.25, 0.3) is 6.08 Å². The van der Waals surface area contributed by atoms with Crippen molar-refractivity contribution in [2.45, 2.75) is 12.8 Å². The van der Waals surface area contributed by atoms with Crippen LogP contribution in [0.4, 0.5) is 9.52 Å². The Morgan fingerprint density at radius 3 is 2.64 bits per heavy atom. The van der Waals surface area contributed by atoms with Gasteiger partial charge in [-0.05, 0) is 41.5 Å². The van der Waals surface area contributed by atoms with E-state index in [1.165, 1.54) is 40.1 Å². The van der Waals surface area contributed by atoms with Crippen molar-refractivity contribution in [3.8, 4) is 0 Å². The smallest absolute Gasteiger partial charge is 0.266 e. The Hall–Kier alpha value is -2.59. The topological polar surface area (TPSA) is 62.3 Å². The van der Waals surface area contributed by atoms with Crippen molar-refractivity contribution in [1.82, 2.24) is 9.88 Å². The molecule has 10 heteroatoms. The first kappa shape index (κ1) is 23.6. The fraction of sp³-hybridized carbons (Fsp3) is 0.130. The first-order valence-corrected chi connectivity index (χ1v) is 12.3. The summed E-state index contributed by atoms with van der Waals surface area (Å²) in [5.41, 5.74) is 1.80. The van der Waals surface area contributed by atoms with Crippen LogP contribution in [-0.2, 0) is 16.0 Å². The summed E-state index contributed by atoms with van der Waals surface area (Å²) >= 11 is 13.8. The molecule has 5 nitrogen and oxygen atoms in total. The number of thioether (sulfide) groups is 1. The molecule has 1 saturated heterocycles. The fourth-order valence-corrected chi connectivity index (χ4v) is 5.35. The van der Waals surface area contributed by atoms with Gasteiger partial charge in [-0.2, -0.15) is 0 Å². The van der Waals surface area contributed by atoms with E-state index in [0.29, 0.717) is 31.4 Å². The van der Waals surface area contributed by atoms with Gasteiger partial charge in [0.1, 0.15) is 10.1 Å². The van der Waals surface area contributed by atoms with Crippen molar-refractivity contribution in [2.75, 3.05) is 11.9 Å². The lowest BCUT2D eigenvalue weighted by atomic mass is 10.1. The highest BCUT2D eigenvalue weighted by atomic mass is 35.5. The monoisotopic (exact) mass is 517 g/mol. The summed E-state index contributed by atoms with van der Waals surface area (Å²) < 4.78 is 13.5. The number of nitrogens with zero attached hydrogens (tertiary/aromatic N) is 2. The molecule has 2 aromatic carbocycles. The number of benzene rings is 2. The number of carbonyl (C=O) groups is 2. The molecule has 0 bridgehead atoms. The maximum absolute atomic E-state index is 13.1. The van der Waals surface area contributed by atoms with Gasteiger partial charge in [-0.3, -0.25) is 14.5 Å². The van der Waals surface area contributed by atoms with Crippen molar-refractivity contribution in [3.05, 3.63) is 86.5 Å². The third-order valence-corrected chi connectivity index (χ3v) is 7.24. The molecule has 1 aliphatic heterocycles. The van der Waals surface area contributed by atoms with Gasteiger partial charge in [-0.25, -0.2) is 9.37 Å². The first-order valence-electron chi connectivity index (χ1n) is 9.87. The van der Waals surface area contributed by atoms with E-state index in [2.05, 4.69) is 10.3 Å². The average molecular weight is 518 g/mol. The van der Waals surface area contributed by atoms with Crippen LogP contribution in [0.2, 0.25) is 5.02 Å². The Labute approximate surface area is 208 Å². The van der Waals surface area contributed by atoms with E-state index >= 15 is 0 Å². The lowest BCUT2D eigenvalue weighted by Gasteiger charge is -2.13. The van der Waals surface area contributed by atoms with Gasteiger partial charge in [0, 0.05) is 35.5 Å². The van der Waals surface area contributed by atoms with E-state index in [9.17, 15) is 14.0 Å². The second-order valence-corrected chi connectivity index (χ2v) is 10.3. The number of aromatic nitrogens is 1. The largest absolute Gasteiger partial charge is 0.302 e. The van der Waals surface area contributed by atoms with Crippen molar-refractivity contribution in [2.24, 2.45) is 0 Å². The highest BCUT2D eigenvalue weighted by molar-refractivity contribution is 8.26. The van der Waals surface area contributed by atoms with Crippen LogP contribution in [0.1, 0.15) is 22.4 Å². The molecule has 33 heavy (non-hydrogen) atoms. The molecule has 4 rings (SSSR count). The molecule has 0 atom stereocenters. The van der Waals surface area contributed by atoms with E-state index in [-0.39, 0.29) is 30.6 Å². The van der Waals surface area contributed by atoms with E-state index in [4.69, 9.17) is 23.8 Å². The normalized spacial score (nSPS) is 14.8. The van der Waals surface area contributed by atoms with Crippen LogP contribution in [0.5, 0.6) is 0 Å². The molecule has 1 aliphatic rings. The predicted octanol–water partition coefficient (Wildman–Crippen LogP) is 5.76. The maximum Gasteiger partial charge on any atom is 0.266 e. The average Bonchev–Trinajstić information content (AvgIpc) is 3.33. The van der Waals surface area contributed by atoms with Gasteiger partial charge in [0.05, 0.1) is 4.91 Å². The van der Waals surface area contributed by atoms with Gasteiger partial charge < -0.3 is 5.32 Å². The minimum atomic E-state index is -0.344. The molecular formula is C23H17ClFN3O2S3. The lowest BCUT2D eigenvalue weighted by Crippen LogP contribution is -2.31.